The summed E-state index contributed by atoms with van der Waals surface area (Å²) in [5.74, 6) is 0.502. The molecule has 3 aromatic carbocycles. The molecule has 0 saturated heterocycles. The standard InChI is InChI=1S/C25H32N2O.C7H7NO.Co/c1-5-7-8-19-9-11-20(12-10-19)18-25(3)22-17-21(28-4)13-14-23(22)27(6-2)24(25)15-16-26;8-7(9)6-4-2-1-3-5-6;/h9-17,26H,5-8,18H2,1-4H3;1-5H,(H2,8,9);/b24-15-,26-16?;;. The first kappa shape index (κ1) is 30.9. The van der Waals surface area contributed by atoms with E-state index in [1.165, 1.54) is 47.1 Å². The number of nitrogens with one attached hydrogen (secondary N) is 2. The normalized spacial score (nSPS) is 16.6. The molecule has 1 aliphatic rings. The number of rotatable bonds is 9. The van der Waals surface area contributed by atoms with Gasteiger partial charge in [-0.15, -0.1) is 0 Å². The molecule has 1 aliphatic heterocycles. The second-order valence-electron chi connectivity index (χ2n) is 9.49. The van der Waals surface area contributed by atoms with E-state index in [4.69, 9.17) is 20.7 Å². The first-order chi connectivity index (χ1) is 17.9. The van der Waals surface area contributed by atoms with Gasteiger partial charge in [0.05, 0.1) is 7.11 Å². The molecule has 6 heteroatoms. The Labute approximate surface area is 237 Å². The Balaban J connectivity index is 0.000000430. The van der Waals surface area contributed by atoms with E-state index in [-0.39, 0.29) is 28.1 Å². The SMILES string of the molecule is CCCCc1ccc(CC2(C)/C(=C/C=N)N(CC)c3ccc(OC)cc32)cc1.N=C(O)c1ccccc1.[Co]. The van der Waals surface area contributed by atoms with Gasteiger partial charge in [0.25, 0.3) is 0 Å². The predicted octanol–water partition coefficient (Wildman–Crippen LogP) is 7.48. The third-order valence-electron chi connectivity index (χ3n) is 6.95. The van der Waals surface area contributed by atoms with Crippen molar-refractivity contribution < 1.29 is 26.6 Å². The third-order valence-corrected chi connectivity index (χ3v) is 6.95. The molecule has 0 aliphatic carbocycles. The fourth-order valence-corrected chi connectivity index (χ4v) is 4.97. The van der Waals surface area contributed by atoms with Crippen LogP contribution in [0.25, 0.3) is 0 Å². The minimum Gasteiger partial charge on any atom is -0.497 e. The van der Waals surface area contributed by atoms with Gasteiger partial charge in [-0.1, -0.05) is 55.8 Å². The summed E-state index contributed by atoms with van der Waals surface area (Å²) in [7, 11) is 1.72. The fraction of sp³-hybridized carbons (Fsp3) is 0.312. The molecule has 0 spiro atoms. The average molecular weight is 557 g/mol. The van der Waals surface area contributed by atoms with Gasteiger partial charge in [0.1, 0.15) is 5.75 Å². The Bertz CT molecular complexity index is 1230. The first-order valence-corrected chi connectivity index (χ1v) is 13.0. The summed E-state index contributed by atoms with van der Waals surface area (Å²) < 4.78 is 5.52. The molecule has 4 rings (SSSR count). The molecule has 1 radical (unpaired) electrons. The van der Waals surface area contributed by atoms with Crippen molar-refractivity contribution in [3.05, 3.63) is 107 Å². The molecule has 3 N–H and O–H groups in total. The molecule has 1 unspecified atom stereocenters. The molecule has 0 aromatic heterocycles. The summed E-state index contributed by atoms with van der Waals surface area (Å²) in [6.45, 7) is 7.57. The summed E-state index contributed by atoms with van der Waals surface area (Å²) in [6, 6.07) is 24.2. The van der Waals surface area contributed by atoms with Gasteiger partial charge in [-0.05, 0) is 86.2 Å². The van der Waals surface area contributed by atoms with Gasteiger partial charge < -0.3 is 20.2 Å². The van der Waals surface area contributed by atoms with Crippen molar-refractivity contribution in [3.8, 4) is 5.75 Å². The van der Waals surface area contributed by atoms with E-state index in [9.17, 15) is 0 Å². The van der Waals surface area contributed by atoms with Crippen molar-refractivity contribution in [2.75, 3.05) is 18.6 Å². The van der Waals surface area contributed by atoms with Crippen LogP contribution in [0.2, 0.25) is 0 Å². The van der Waals surface area contributed by atoms with Crippen LogP contribution in [0.4, 0.5) is 5.69 Å². The maximum Gasteiger partial charge on any atom is 0.210 e. The topological polar surface area (TPSA) is 80.4 Å². The van der Waals surface area contributed by atoms with Crippen molar-refractivity contribution in [2.45, 2.75) is 51.9 Å². The van der Waals surface area contributed by atoms with Crippen molar-refractivity contribution in [1.82, 2.24) is 0 Å². The molecule has 203 valence electrons. The smallest absolute Gasteiger partial charge is 0.210 e. The van der Waals surface area contributed by atoms with Crippen LogP contribution in [0.5, 0.6) is 5.75 Å². The Morgan fingerprint density at radius 1 is 1.00 bits per heavy atom. The Kier molecular flexibility index (Phi) is 11.8. The number of hydrogen-bond acceptors (Lipinski definition) is 4. The number of hydrogen-bond donors (Lipinski definition) is 3. The zero-order valence-corrected chi connectivity index (χ0v) is 23.8. The van der Waals surface area contributed by atoms with Gasteiger partial charge in [-0.3, -0.25) is 5.41 Å². The maximum absolute atomic E-state index is 8.61. The van der Waals surface area contributed by atoms with Crippen LogP contribution in [-0.2, 0) is 35.0 Å². The largest absolute Gasteiger partial charge is 0.497 e. The van der Waals surface area contributed by atoms with Gasteiger partial charge in [0, 0.05) is 51.9 Å². The summed E-state index contributed by atoms with van der Waals surface area (Å²) >= 11 is 0. The monoisotopic (exact) mass is 556 g/mol. The van der Waals surface area contributed by atoms with E-state index in [0.717, 1.165) is 25.1 Å². The summed E-state index contributed by atoms with van der Waals surface area (Å²) in [4.78, 5) is 2.33. The van der Waals surface area contributed by atoms with E-state index in [1.54, 1.807) is 31.4 Å². The molecule has 0 fully saturated rings. The number of aliphatic hydroxyl groups excluding tert-OH is 1. The molecular formula is C32H39CoN3O2. The van der Waals surface area contributed by atoms with E-state index < -0.39 is 0 Å². The van der Waals surface area contributed by atoms with Crippen LogP contribution >= 0.6 is 0 Å². The number of methoxy groups -OCH3 is 1. The number of likely N-dealkylation sites (N-methyl/N-ethyl adjacent to an activating group) is 1. The van der Waals surface area contributed by atoms with E-state index in [2.05, 4.69) is 62.1 Å². The van der Waals surface area contributed by atoms with Crippen molar-refractivity contribution in [3.63, 3.8) is 0 Å². The van der Waals surface area contributed by atoms with Gasteiger partial charge in [-0.25, -0.2) is 0 Å². The number of unbranched alkanes of at least 4 members (excludes halogenated alkanes) is 1. The van der Waals surface area contributed by atoms with Crippen molar-refractivity contribution in [2.24, 2.45) is 0 Å². The van der Waals surface area contributed by atoms with E-state index in [1.807, 2.05) is 18.2 Å². The number of nitrogens with zero attached hydrogens (tertiary/aromatic N) is 1. The predicted molar refractivity (Wildman–Crippen MR) is 155 cm³/mol. The first-order valence-electron chi connectivity index (χ1n) is 13.0. The molecule has 0 saturated carbocycles. The van der Waals surface area contributed by atoms with Gasteiger partial charge in [-0.2, -0.15) is 0 Å². The molecule has 5 nitrogen and oxygen atoms in total. The molecule has 3 aromatic rings. The molecule has 1 heterocycles. The van der Waals surface area contributed by atoms with E-state index in [0.29, 0.717) is 5.56 Å². The quantitative estimate of drug-likeness (QED) is 0.189. The van der Waals surface area contributed by atoms with Crippen LogP contribution in [0.15, 0.2) is 84.6 Å². The van der Waals surface area contributed by atoms with Gasteiger partial charge in [0.2, 0.25) is 5.90 Å². The second kappa shape index (κ2) is 14.5. The van der Waals surface area contributed by atoms with Crippen LogP contribution in [-0.4, -0.2) is 30.9 Å². The summed E-state index contributed by atoms with van der Waals surface area (Å²) in [6.07, 6.45) is 7.87. The number of aryl methyl sites for hydroxylation is 1. The number of ether oxygens (including phenoxy) is 1. The van der Waals surface area contributed by atoms with Crippen LogP contribution in [0, 0.1) is 10.8 Å². The van der Waals surface area contributed by atoms with Crippen LogP contribution in [0.1, 0.15) is 55.9 Å². The minimum absolute atomic E-state index is 0. The van der Waals surface area contributed by atoms with Gasteiger partial charge >= 0.3 is 0 Å². The summed E-state index contributed by atoms with van der Waals surface area (Å²) in [5, 5.41) is 23.1. The molecule has 0 amide bonds. The second-order valence-corrected chi connectivity index (χ2v) is 9.49. The zero-order valence-electron chi connectivity index (χ0n) is 22.8. The molecular weight excluding hydrogens is 517 g/mol. The zero-order chi connectivity index (χ0) is 26.8. The molecule has 0 bridgehead atoms. The van der Waals surface area contributed by atoms with Crippen LogP contribution in [0.3, 0.4) is 0 Å². The minimum atomic E-state index is -0.379. The molecule has 38 heavy (non-hydrogen) atoms. The fourth-order valence-electron chi connectivity index (χ4n) is 4.97. The number of anilines is 1. The van der Waals surface area contributed by atoms with Crippen molar-refractivity contribution >= 4 is 17.8 Å². The number of fused-ring (bicyclic) bond motifs is 1. The molecule has 1 atom stereocenters. The number of allylic oxidation sites excluding steroid dienone is 2. The van der Waals surface area contributed by atoms with E-state index >= 15 is 0 Å². The average Bonchev–Trinajstić information content (AvgIpc) is 3.15. The Morgan fingerprint density at radius 3 is 2.18 bits per heavy atom. The Hall–Kier alpha value is -3.35. The van der Waals surface area contributed by atoms with Crippen molar-refractivity contribution in [1.29, 1.82) is 10.8 Å². The Morgan fingerprint density at radius 2 is 1.66 bits per heavy atom. The summed E-state index contributed by atoms with van der Waals surface area (Å²) in [5.41, 5.74) is 6.78. The van der Waals surface area contributed by atoms with Gasteiger partial charge in [0.15, 0.2) is 0 Å². The number of benzene rings is 3. The van der Waals surface area contributed by atoms with Crippen LogP contribution < -0.4 is 9.64 Å². The number of aliphatic hydroxyl groups is 1. The third kappa shape index (κ3) is 7.14. The maximum atomic E-state index is 8.61.